The second-order valence-corrected chi connectivity index (χ2v) is 7.64. The lowest BCUT2D eigenvalue weighted by molar-refractivity contribution is 0.0651. The molecule has 0 spiro atoms. The first-order valence-corrected chi connectivity index (χ1v) is 9.95. The fraction of sp³-hybridized carbons (Fsp3) is 0.381. The number of hydrogen-bond acceptors (Lipinski definition) is 4. The Kier molecular flexibility index (Phi) is 5.22. The lowest BCUT2D eigenvalue weighted by atomic mass is 9.96. The topological polar surface area (TPSA) is 68.3 Å². The number of amides is 1. The molecule has 0 unspecified atom stereocenters. The highest BCUT2D eigenvalue weighted by atomic mass is 35.5. The van der Waals surface area contributed by atoms with Crippen LogP contribution in [0.25, 0.3) is 11.0 Å². The minimum Gasteiger partial charge on any atom is -0.451 e. The van der Waals surface area contributed by atoms with Crippen molar-refractivity contribution in [1.82, 2.24) is 14.5 Å². The zero-order chi connectivity index (χ0) is 19.7. The third kappa shape index (κ3) is 3.69. The van der Waals surface area contributed by atoms with Crippen LogP contribution in [0.3, 0.4) is 0 Å². The second-order valence-electron chi connectivity index (χ2n) is 7.20. The molecule has 0 bridgehead atoms. The first kappa shape index (κ1) is 18.7. The number of piperidine rings is 1. The average molecular weight is 400 g/mol. The number of likely N-dealkylation sites (tertiary alicyclic amines) is 1. The molecule has 0 saturated carbocycles. The molecule has 0 aliphatic carbocycles. The molecular formula is C21H22ClN3O3. The first-order valence-electron chi connectivity index (χ1n) is 9.58. The summed E-state index contributed by atoms with van der Waals surface area (Å²) in [5.74, 6) is 1.45. The van der Waals surface area contributed by atoms with E-state index in [9.17, 15) is 9.59 Å². The Bertz CT molecular complexity index is 1060. The van der Waals surface area contributed by atoms with Gasteiger partial charge in [-0.2, -0.15) is 0 Å². The summed E-state index contributed by atoms with van der Waals surface area (Å²) in [4.78, 5) is 31.3. The Hall–Kier alpha value is -2.60. The molecule has 28 heavy (non-hydrogen) atoms. The number of halogens is 1. The molecule has 1 aliphatic heterocycles. The van der Waals surface area contributed by atoms with E-state index in [1.165, 1.54) is 6.07 Å². The third-order valence-corrected chi connectivity index (χ3v) is 5.61. The number of imidazole rings is 1. The van der Waals surface area contributed by atoms with Crippen molar-refractivity contribution in [2.75, 3.05) is 13.1 Å². The molecule has 3 heterocycles. The summed E-state index contributed by atoms with van der Waals surface area (Å²) in [5, 5.41) is 0.847. The number of carbonyl (C=O) groups excluding carboxylic acids is 1. The van der Waals surface area contributed by atoms with E-state index < -0.39 is 0 Å². The molecule has 6 nitrogen and oxygen atoms in total. The number of aryl methyl sites for hydroxylation is 1. The average Bonchev–Trinajstić information content (AvgIpc) is 3.15. The van der Waals surface area contributed by atoms with Crippen molar-refractivity contribution < 1.29 is 9.21 Å². The third-order valence-electron chi connectivity index (χ3n) is 5.37. The van der Waals surface area contributed by atoms with Crippen LogP contribution in [0.15, 0.2) is 45.9 Å². The van der Waals surface area contributed by atoms with Gasteiger partial charge in [0.25, 0.3) is 5.91 Å². The van der Waals surface area contributed by atoms with Crippen molar-refractivity contribution in [2.24, 2.45) is 5.92 Å². The SMILES string of the molecule is CCc1nccn1CC1CCN(C(=O)c2cc(=O)c3cc(Cl)ccc3o2)CC1. The van der Waals surface area contributed by atoms with Gasteiger partial charge in [-0.25, -0.2) is 4.98 Å². The van der Waals surface area contributed by atoms with Gasteiger partial charge in [0.05, 0.1) is 5.39 Å². The van der Waals surface area contributed by atoms with E-state index in [1.54, 1.807) is 23.1 Å². The Labute approximate surface area is 167 Å². The number of nitrogens with zero attached hydrogens (tertiary/aromatic N) is 3. The van der Waals surface area contributed by atoms with Crippen molar-refractivity contribution >= 4 is 28.5 Å². The lowest BCUT2D eigenvalue weighted by Crippen LogP contribution is -2.39. The standard InChI is InChI=1S/C21H22ClN3O3/c1-2-20-23-7-10-25(20)13-14-5-8-24(9-6-14)21(27)19-12-17(26)16-11-15(22)3-4-18(16)28-19/h3-4,7,10-12,14H,2,5-6,8-9,13H2,1H3. The summed E-state index contributed by atoms with van der Waals surface area (Å²) in [5.41, 5.74) is 0.122. The molecule has 1 aromatic carbocycles. The number of fused-ring (bicyclic) bond motifs is 1. The Balaban J connectivity index is 1.45. The van der Waals surface area contributed by atoms with Gasteiger partial charge in [-0.15, -0.1) is 0 Å². The summed E-state index contributed by atoms with van der Waals surface area (Å²) < 4.78 is 7.90. The summed E-state index contributed by atoms with van der Waals surface area (Å²) >= 11 is 5.94. The Morgan fingerprint density at radius 1 is 1.29 bits per heavy atom. The maximum absolute atomic E-state index is 12.8. The Morgan fingerprint density at radius 2 is 2.07 bits per heavy atom. The van der Waals surface area contributed by atoms with Crippen LogP contribution in [-0.4, -0.2) is 33.4 Å². The quantitative estimate of drug-likeness (QED) is 0.669. The smallest absolute Gasteiger partial charge is 0.289 e. The van der Waals surface area contributed by atoms with Gasteiger partial charge in [0.1, 0.15) is 11.4 Å². The predicted octanol–water partition coefficient (Wildman–Crippen LogP) is 3.76. The molecule has 1 amide bonds. The lowest BCUT2D eigenvalue weighted by Gasteiger charge is -2.32. The molecule has 1 fully saturated rings. The van der Waals surface area contributed by atoms with Gasteiger partial charge in [-0.3, -0.25) is 9.59 Å². The van der Waals surface area contributed by atoms with Crippen LogP contribution >= 0.6 is 11.6 Å². The highest BCUT2D eigenvalue weighted by Gasteiger charge is 2.26. The molecule has 0 N–H and O–H groups in total. The van der Waals surface area contributed by atoms with Gasteiger partial charge in [0, 0.05) is 49.5 Å². The van der Waals surface area contributed by atoms with Crippen LogP contribution in [0.2, 0.25) is 5.02 Å². The molecule has 3 aromatic rings. The van der Waals surface area contributed by atoms with Crippen molar-refractivity contribution in [3.05, 3.63) is 63.5 Å². The molecule has 4 rings (SSSR count). The van der Waals surface area contributed by atoms with Crippen molar-refractivity contribution in [3.63, 3.8) is 0 Å². The molecule has 1 saturated heterocycles. The van der Waals surface area contributed by atoms with Crippen LogP contribution < -0.4 is 5.43 Å². The summed E-state index contributed by atoms with van der Waals surface area (Å²) in [6.45, 7) is 4.34. The number of rotatable bonds is 4. The van der Waals surface area contributed by atoms with Gasteiger partial charge in [-0.05, 0) is 37.0 Å². The normalized spacial score (nSPS) is 15.3. The molecule has 0 radical (unpaired) electrons. The molecule has 1 aliphatic rings. The van der Waals surface area contributed by atoms with Gasteiger partial charge in [0.2, 0.25) is 0 Å². The number of carbonyl (C=O) groups is 1. The van der Waals surface area contributed by atoms with E-state index >= 15 is 0 Å². The van der Waals surface area contributed by atoms with Crippen LogP contribution in [0, 0.1) is 5.92 Å². The highest BCUT2D eigenvalue weighted by Crippen LogP contribution is 2.23. The Morgan fingerprint density at radius 3 is 2.82 bits per heavy atom. The van der Waals surface area contributed by atoms with E-state index in [1.807, 2.05) is 12.4 Å². The minimum atomic E-state index is -0.255. The van der Waals surface area contributed by atoms with E-state index in [4.69, 9.17) is 16.0 Å². The fourth-order valence-corrected chi connectivity index (χ4v) is 3.98. The fourth-order valence-electron chi connectivity index (χ4n) is 3.81. The minimum absolute atomic E-state index is 0.0844. The van der Waals surface area contributed by atoms with E-state index in [0.29, 0.717) is 35.0 Å². The van der Waals surface area contributed by atoms with Crippen molar-refractivity contribution in [2.45, 2.75) is 32.7 Å². The second kappa shape index (κ2) is 7.80. The van der Waals surface area contributed by atoms with Gasteiger partial charge < -0.3 is 13.9 Å². The number of benzene rings is 1. The number of aromatic nitrogens is 2. The highest BCUT2D eigenvalue weighted by molar-refractivity contribution is 6.31. The maximum atomic E-state index is 12.8. The van der Waals surface area contributed by atoms with Gasteiger partial charge in [0.15, 0.2) is 11.2 Å². The molecule has 0 atom stereocenters. The predicted molar refractivity (Wildman–Crippen MR) is 108 cm³/mol. The van der Waals surface area contributed by atoms with Crippen molar-refractivity contribution in [3.8, 4) is 0 Å². The largest absolute Gasteiger partial charge is 0.451 e. The molecule has 7 heteroatoms. The summed E-state index contributed by atoms with van der Waals surface area (Å²) in [7, 11) is 0. The maximum Gasteiger partial charge on any atom is 0.289 e. The zero-order valence-corrected chi connectivity index (χ0v) is 16.5. The van der Waals surface area contributed by atoms with Crippen LogP contribution in [0.5, 0.6) is 0 Å². The van der Waals surface area contributed by atoms with Gasteiger partial charge in [-0.1, -0.05) is 18.5 Å². The van der Waals surface area contributed by atoms with Crippen LogP contribution in [0.1, 0.15) is 36.1 Å². The molecule has 146 valence electrons. The summed E-state index contributed by atoms with van der Waals surface area (Å²) in [6, 6.07) is 6.10. The number of hydrogen-bond donors (Lipinski definition) is 0. The zero-order valence-electron chi connectivity index (χ0n) is 15.7. The van der Waals surface area contributed by atoms with Crippen LogP contribution in [0.4, 0.5) is 0 Å². The van der Waals surface area contributed by atoms with E-state index in [0.717, 1.165) is 31.6 Å². The first-order chi connectivity index (χ1) is 13.5. The summed E-state index contributed by atoms with van der Waals surface area (Å²) in [6.07, 6.45) is 6.61. The molecular weight excluding hydrogens is 378 g/mol. The van der Waals surface area contributed by atoms with Gasteiger partial charge >= 0.3 is 0 Å². The molecule has 2 aromatic heterocycles. The monoisotopic (exact) mass is 399 g/mol. The van der Waals surface area contributed by atoms with E-state index in [2.05, 4.69) is 16.5 Å². The van der Waals surface area contributed by atoms with E-state index in [-0.39, 0.29) is 17.1 Å². The van der Waals surface area contributed by atoms with Crippen molar-refractivity contribution in [1.29, 1.82) is 0 Å². The van der Waals surface area contributed by atoms with Crippen LogP contribution in [-0.2, 0) is 13.0 Å².